The summed E-state index contributed by atoms with van der Waals surface area (Å²) in [5.74, 6) is -0.479. The highest BCUT2D eigenvalue weighted by atomic mass is 16.2. The van der Waals surface area contributed by atoms with Crippen molar-refractivity contribution in [3.05, 3.63) is 63.6 Å². The normalized spacial score (nSPS) is 11.2. The third kappa shape index (κ3) is 3.38. The Kier molecular flexibility index (Phi) is 4.05. The van der Waals surface area contributed by atoms with Gasteiger partial charge in [-0.1, -0.05) is 29.8 Å². The first kappa shape index (κ1) is 13.7. The summed E-state index contributed by atoms with van der Waals surface area (Å²) in [5.41, 5.74) is 4.90. The minimum Gasteiger partial charge on any atom is -0.268 e. The Bertz CT molecular complexity index is 681. The van der Waals surface area contributed by atoms with Crippen molar-refractivity contribution in [1.82, 2.24) is 15.6 Å². The molecule has 0 spiro atoms. The van der Waals surface area contributed by atoms with Gasteiger partial charge in [0.15, 0.2) is 5.69 Å². The van der Waals surface area contributed by atoms with E-state index in [4.69, 9.17) is 0 Å². The van der Waals surface area contributed by atoms with Crippen LogP contribution in [0.5, 0.6) is 0 Å². The minimum absolute atomic E-state index is 0.102. The Balaban J connectivity index is 2.08. The number of benzene rings is 1. The van der Waals surface area contributed by atoms with E-state index in [-0.39, 0.29) is 11.3 Å². The summed E-state index contributed by atoms with van der Waals surface area (Å²) in [4.78, 5) is 22.6. The summed E-state index contributed by atoms with van der Waals surface area (Å²) in [7, 11) is 0. The molecule has 102 valence electrons. The van der Waals surface area contributed by atoms with Crippen molar-refractivity contribution in [3.8, 4) is 0 Å². The maximum Gasteiger partial charge on any atom is 0.291 e. The van der Waals surface area contributed by atoms with E-state index in [1.54, 1.807) is 6.92 Å². The molecule has 0 radical (unpaired) electrons. The van der Waals surface area contributed by atoms with Crippen LogP contribution in [0, 0.1) is 6.92 Å². The molecule has 0 fully saturated rings. The molecular weight excluding hydrogens is 256 g/mol. The molecule has 20 heavy (non-hydrogen) atoms. The van der Waals surface area contributed by atoms with E-state index in [1.165, 1.54) is 12.1 Å². The number of aromatic amines is 1. The van der Waals surface area contributed by atoms with E-state index in [0.29, 0.717) is 5.71 Å². The molecule has 1 aromatic heterocycles. The number of nitrogens with zero attached hydrogens (tertiary/aromatic N) is 2. The van der Waals surface area contributed by atoms with Gasteiger partial charge >= 0.3 is 0 Å². The second-order valence-electron chi connectivity index (χ2n) is 4.31. The van der Waals surface area contributed by atoms with Crippen LogP contribution < -0.4 is 11.0 Å². The number of hydrogen-bond acceptors (Lipinski definition) is 4. The molecule has 0 saturated carbocycles. The summed E-state index contributed by atoms with van der Waals surface area (Å²) < 4.78 is 0. The molecule has 0 aliphatic carbocycles. The van der Waals surface area contributed by atoms with Crippen molar-refractivity contribution in [3.63, 3.8) is 0 Å². The van der Waals surface area contributed by atoms with Crippen molar-refractivity contribution in [2.45, 2.75) is 13.8 Å². The van der Waals surface area contributed by atoms with Crippen molar-refractivity contribution in [2.75, 3.05) is 0 Å². The Labute approximate surface area is 115 Å². The molecule has 0 atom stereocenters. The van der Waals surface area contributed by atoms with Crippen LogP contribution in [0.15, 0.2) is 46.3 Å². The van der Waals surface area contributed by atoms with E-state index in [2.05, 4.69) is 20.7 Å². The molecule has 1 amide bonds. The van der Waals surface area contributed by atoms with Crippen LogP contribution in [0.1, 0.15) is 28.5 Å². The molecule has 2 rings (SSSR count). The van der Waals surface area contributed by atoms with Gasteiger partial charge in [0.1, 0.15) is 0 Å². The first-order valence-corrected chi connectivity index (χ1v) is 6.03. The van der Waals surface area contributed by atoms with E-state index in [9.17, 15) is 9.59 Å². The van der Waals surface area contributed by atoms with Crippen LogP contribution in [0.4, 0.5) is 0 Å². The molecule has 0 saturated heterocycles. The number of nitrogens with one attached hydrogen (secondary N) is 2. The Morgan fingerprint density at radius 1 is 1.20 bits per heavy atom. The highest BCUT2D eigenvalue weighted by Crippen LogP contribution is 2.04. The van der Waals surface area contributed by atoms with E-state index < -0.39 is 5.91 Å². The molecule has 2 aromatic rings. The quantitative estimate of drug-likeness (QED) is 0.649. The molecule has 1 aromatic carbocycles. The summed E-state index contributed by atoms with van der Waals surface area (Å²) in [5, 5.41) is 9.82. The van der Waals surface area contributed by atoms with Crippen LogP contribution >= 0.6 is 0 Å². The first-order chi connectivity index (χ1) is 9.56. The van der Waals surface area contributed by atoms with Crippen molar-refractivity contribution < 1.29 is 4.79 Å². The topological polar surface area (TPSA) is 87.2 Å². The number of hydrogen-bond donors (Lipinski definition) is 2. The van der Waals surface area contributed by atoms with Crippen LogP contribution in [-0.2, 0) is 0 Å². The van der Waals surface area contributed by atoms with Crippen LogP contribution in [0.3, 0.4) is 0 Å². The number of rotatable bonds is 3. The third-order valence-corrected chi connectivity index (χ3v) is 2.71. The Hall–Kier alpha value is -2.76. The molecule has 6 nitrogen and oxygen atoms in total. The molecule has 1 heterocycles. The smallest absolute Gasteiger partial charge is 0.268 e. The summed E-state index contributed by atoms with van der Waals surface area (Å²) >= 11 is 0. The molecule has 6 heteroatoms. The number of H-pyrrole nitrogens is 1. The number of carbonyl (C=O) groups is 1. The zero-order chi connectivity index (χ0) is 14.5. The Morgan fingerprint density at radius 3 is 2.50 bits per heavy atom. The third-order valence-electron chi connectivity index (χ3n) is 2.71. The molecular formula is C14H14N4O2. The van der Waals surface area contributed by atoms with E-state index in [0.717, 1.165) is 11.1 Å². The summed E-state index contributed by atoms with van der Waals surface area (Å²) in [6.07, 6.45) is 0. The maximum atomic E-state index is 11.7. The van der Waals surface area contributed by atoms with Gasteiger partial charge in [0.05, 0.1) is 5.71 Å². The van der Waals surface area contributed by atoms with Crippen LogP contribution in [0.2, 0.25) is 0 Å². The van der Waals surface area contributed by atoms with Gasteiger partial charge in [0, 0.05) is 6.07 Å². The molecule has 0 aliphatic rings. The molecule has 2 N–H and O–H groups in total. The highest BCUT2D eigenvalue weighted by molar-refractivity contribution is 6.00. The number of carbonyl (C=O) groups excluding carboxylic acids is 1. The standard InChI is InChI=1S/C14H14N4O2/c1-9-3-5-11(6-4-9)10(2)15-18-14(20)12-7-8-13(19)17-16-12/h3-8H,1-2H3,(H,17,19)(H,18,20). The van der Waals surface area contributed by atoms with Crippen molar-refractivity contribution in [1.29, 1.82) is 0 Å². The van der Waals surface area contributed by atoms with Gasteiger partial charge in [-0.2, -0.15) is 10.2 Å². The van der Waals surface area contributed by atoms with E-state index >= 15 is 0 Å². The van der Waals surface area contributed by atoms with Gasteiger partial charge in [-0.15, -0.1) is 0 Å². The van der Waals surface area contributed by atoms with E-state index in [1.807, 2.05) is 31.2 Å². The number of amides is 1. The minimum atomic E-state index is -0.479. The molecule has 0 aliphatic heterocycles. The van der Waals surface area contributed by atoms with Gasteiger partial charge in [0.25, 0.3) is 11.5 Å². The largest absolute Gasteiger partial charge is 0.291 e. The van der Waals surface area contributed by atoms with Crippen LogP contribution in [0.25, 0.3) is 0 Å². The zero-order valence-corrected chi connectivity index (χ0v) is 11.2. The average molecular weight is 270 g/mol. The fraction of sp³-hybridized carbons (Fsp3) is 0.143. The Morgan fingerprint density at radius 2 is 1.90 bits per heavy atom. The lowest BCUT2D eigenvalue weighted by Crippen LogP contribution is -2.22. The highest BCUT2D eigenvalue weighted by Gasteiger charge is 2.06. The fourth-order valence-corrected chi connectivity index (χ4v) is 1.52. The fourth-order valence-electron chi connectivity index (χ4n) is 1.52. The zero-order valence-electron chi connectivity index (χ0n) is 11.2. The number of aryl methyl sites for hydroxylation is 1. The molecule has 0 unspecified atom stereocenters. The van der Waals surface area contributed by atoms with Gasteiger partial charge in [0.2, 0.25) is 0 Å². The van der Waals surface area contributed by atoms with Crippen molar-refractivity contribution in [2.24, 2.45) is 5.10 Å². The summed E-state index contributed by atoms with van der Waals surface area (Å²) in [6.45, 7) is 3.80. The predicted octanol–water partition coefficient (Wildman–Crippen LogP) is 1.23. The summed E-state index contributed by atoms with van der Waals surface area (Å²) in [6, 6.07) is 10.4. The van der Waals surface area contributed by atoms with Crippen molar-refractivity contribution >= 4 is 11.6 Å². The lowest BCUT2D eigenvalue weighted by molar-refractivity contribution is 0.0948. The number of hydrazone groups is 1. The second-order valence-corrected chi connectivity index (χ2v) is 4.31. The maximum absolute atomic E-state index is 11.7. The second kappa shape index (κ2) is 5.92. The lowest BCUT2D eigenvalue weighted by Gasteiger charge is -2.02. The number of aromatic nitrogens is 2. The van der Waals surface area contributed by atoms with Gasteiger partial charge in [-0.3, -0.25) is 9.59 Å². The first-order valence-electron chi connectivity index (χ1n) is 6.03. The van der Waals surface area contributed by atoms with Gasteiger partial charge in [-0.25, -0.2) is 10.5 Å². The van der Waals surface area contributed by atoms with Gasteiger partial charge < -0.3 is 0 Å². The van der Waals surface area contributed by atoms with Crippen LogP contribution in [-0.4, -0.2) is 21.8 Å². The average Bonchev–Trinajstić information content (AvgIpc) is 2.46. The predicted molar refractivity (Wildman–Crippen MR) is 75.7 cm³/mol. The molecule has 0 bridgehead atoms. The lowest BCUT2D eigenvalue weighted by atomic mass is 10.1. The monoisotopic (exact) mass is 270 g/mol. The van der Waals surface area contributed by atoms with Gasteiger partial charge in [-0.05, 0) is 25.5 Å². The SMILES string of the molecule is CC(=NNC(=O)c1ccc(=O)[nH]n1)c1ccc(C)cc1.